The maximum atomic E-state index is 10.2. The van der Waals surface area contributed by atoms with Gasteiger partial charge in [0.05, 0.1) is 0 Å². The monoisotopic (exact) mass is 147 g/mol. The Morgan fingerprint density at radius 3 is 2.11 bits per heavy atom. The highest BCUT2D eigenvalue weighted by Gasteiger charge is 2.06. The predicted octanol–water partition coefficient (Wildman–Crippen LogP) is 0.624. The molecule has 0 aromatic heterocycles. The predicted molar refractivity (Wildman–Crippen MR) is 38.0 cm³/mol. The molecule has 0 rings (SSSR count). The summed E-state index contributed by atoms with van der Waals surface area (Å²) in [6, 6.07) is 0. The van der Waals surface area contributed by atoms with Crippen molar-refractivity contribution in [1.82, 2.24) is 0 Å². The number of carboxylic acids is 1. The van der Waals surface area contributed by atoms with E-state index in [9.17, 15) is 4.79 Å². The largest absolute Gasteiger partial charge is 0.477 e. The summed E-state index contributed by atoms with van der Waals surface area (Å²) >= 11 is 1.14. The summed E-state index contributed by atoms with van der Waals surface area (Å²) in [6.07, 6.45) is 1.68. The Hall–Kier alpha value is -0.640. The summed E-state index contributed by atoms with van der Waals surface area (Å²) in [6.45, 7) is 1.57. The first-order valence-electron chi connectivity index (χ1n) is 2.33. The van der Waals surface area contributed by atoms with E-state index in [4.69, 9.17) is 10.8 Å². The zero-order valence-electron chi connectivity index (χ0n) is 5.34. The molecule has 3 nitrogen and oxygen atoms in total. The number of thioether (sulfide) groups is 1. The van der Waals surface area contributed by atoms with Crippen LogP contribution in [-0.2, 0) is 4.79 Å². The van der Waals surface area contributed by atoms with Crippen molar-refractivity contribution in [1.29, 1.82) is 0 Å². The van der Waals surface area contributed by atoms with Gasteiger partial charge in [-0.1, -0.05) is 0 Å². The average Bonchev–Trinajstić information content (AvgIpc) is 1.64. The minimum Gasteiger partial charge on any atom is -0.477 e. The summed E-state index contributed by atoms with van der Waals surface area (Å²) in [7, 11) is 0. The van der Waals surface area contributed by atoms with Gasteiger partial charge >= 0.3 is 5.97 Å². The number of aliphatic carboxylic acids is 1. The Morgan fingerprint density at radius 1 is 1.67 bits per heavy atom. The summed E-state index contributed by atoms with van der Waals surface area (Å²) in [5.41, 5.74) is 5.58. The molecule has 4 heteroatoms. The van der Waals surface area contributed by atoms with E-state index in [1.807, 2.05) is 0 Å². The molecule has 0 saturated heterocycles. The van der Waals surface area contributed by atoms with Crippen LogP contribution in [0, 0.1) is 0 Å². The van der Waals surface area contributed by atoms with Crippen molar-refractivity contribution < 1.29 is 9.90 Å². The average molecular weight is 147 g/mol. The van der Waals surface area contributed by atoms with Gasteiger partial charge in [0, 0.05) is 5.70 Å². The normalized spacial score (nSPS) is 12.7. The zero-order valence-corrected chi connectivity index (χ0v) is 6.16. The molecular formula is C5H9NO2S. The Labute approximate surface area is 57.9 Å². The lowest BCUT2D eigenvalue weighted by molar-refractivity contribution is -0.131. The van der Waals surface area contributed by atoms with Crippen LogP contribution in [0.2, 0.25) is 0 Å². The second-order valence-electron chi connectivity index (χ2n) is 1.52. The van der Waals surface area contributed by atoms with E-state index in [1.54, 1.807) is 13.2 Å². The molecule has 0 amide bonds. The lowest BCUT2D eigenvalue weighted by atomic mass is 10.4. The van der Waals surface area contributed by atoms with Gasteiger partial charge in [0.1, 0.15) is 4.91 Å². The first-order valence-corrected chi connectivity index (χ1v) is 3.55. The number of carbonyl (C=O) groups is 1. The molecule has 0 aliphatic rings. The molecule has 0 bridgehead atoms. The van der Waals surface area contributed by atoms with Crippen LogP contribution in [-0.4, -0.2) is 17.3 Å². The quantitative estimate of drug-likeness (QED) is 0.562. The van der Waals surface area contributed by atoms with Gasteiger partial charge in [-0.05, 0) is 13.2 Å². The highest BCUT2D eigenvalue weighted by atomic mass is 32.2. The van der Waals surface area contributed by atoms with Crippen molar-refractivity contribution >= 4 is 17.7 Å². The lowest BCUT2D eigenvalue weighted by Crippen LogP contribution is -2.04. The molecule has 0 aliphatic heterocycles. The van der Waals surface area contributed by atoms with Gasteiger partial charge < -0.3 is 10.8 Å². The molecule has 0 aromatic rings. The first kappa shape index (κ1) is 8.36. The van der Waals surface area contributed by atoms with Crippen LogP contribution in [0.4, 0.5) is 0 Å². The fourth-order valence-electron chi connectivity index (χ4n) is 0.417. The Balaban J connectivity index is 4.35. The molecule has 0 saturated carbocycles. The molecular weight excluding hydrogens is 138 g/mol. The van der Waals surface area contributed by atoms with E-state index < -0.39 is 5.97 Å². The van der Waals surface area contributed by atoms with E-state index in [0.717, 1.165) is 11.8 Å². The van der Waals surface area contributed by atoms with Crippen LogP contribution in [0.25, 0.3) is 0 Å². The molecule has 0 unspecified atom stereocenters. The van der Waals surface area contributed by atoms with E-state index in [-0.39, 0.29) is 4.91 Å². The molecule has 0 heterocycles. The third-order valence-electron chi connectivity index (χ3n) is 0.757. The number of hydrogen-bond donors (Lipinski definition) is 2. The molecule has 0 fully saturated rings. The van der Waals surface area contributed by atoms with Crippen molar-refractivity contribution in [3.05, 3.63) is 10.6 Å². The van der Waals surface area contributed by atoms with E-state index in [0.29, 0.717) is 5.70 Å². The Kier molecular flexibility index (Phi) is 3.16. The van der Waals surface area contributed by atoms with Crippen LogP contribution >= 0.6 is 11.8 Å². The minimum absolute atomic E-state index is 0.218. The molecule has 0 radical (unpaired) electrons. The van der Waals surface area contributed by atoms with Crippen LogP contribution in [0.15, 0.2) is 10.6 Å². The van der Waals surface area contributed by atoms with Gasteiger partial charge in [0.25, 0.3) is 0 Å². The lowest BCUT2D eigenvalue weighted by Gasteiger charge is -1.97. The van der Waals surface area contributed by atoms with Crippen molar-refractivity contribution in [2.75, 3.05) is 6.26 Å². The van der Waals surface area contributed by atoms with Gasteiger partial charge in [-0.3, -0.25) is 0 Å². The molecule has 9 heavy (non-hydrogen) atoms. The highest BCUT2D eigenvalue weighted by Crippen LogP contribution is 2.12. The van der Waals surface area contributed by atoms with Crippen LogP contribution in [0.1, 0.15) is 6.92 Å². The van der Waals surface area contributed by atoms with Crippen LogP contribution in [0.5, 0.6) is 0 Å². The summed E-state index contributed by atoms with van der Waals surface area (Å²) in [5.74, 6) is -0.956. The molecule has 0 atom stereocenters. The van der Waals surface area contributed by atoms with Crippen molar-refractivity contribution in [2.24, 2.45) is 5.73 Å². The minimum atomic E-state index is -0.956. The van der Waals surface area contributed by atoms with Gasteiger partial charge in [0.2, 0.25) is 0 Å². The molecule has 0 aliphatic carbocycles. The van der Waals surface area contributed by atoms with Crippen LogP contribution in [0.3, 0.4) is 0 Å². The second-order valence-corrected chi connectivity index (χ2v) is 2.34. The van der Waals surface area contributed by atoms with Gasteiger partial charge in [0.15, 0.2) is 0 Å². The molecule has 52 valence electrons. The number of allylic oxidation sites excluding steroid dienone is 1. The van der Waals surface area contributed by atoms with Crippen LogP contribution < -0.4 is 5.73 Å². The second kappa shape index (κ2) is 3.40. The summed E-state index contributed by atoms with van der Waals surface area (Å²) in [4.78, 5) is 10.4. The number of hydrogen-bond acceptors (Lipinski definition) is 3. The standard InChI is InChI=1S/C5H9NO2S/c1-3(6)4(9-2)5(7)8/h6H2,1-2H3,(H,7,8)/b4-3-. The zero-order chi connectivity index (χ0) is 7.44. The van der Waals surface area contributed by atoms with Gasteiger partial charge in [-0.25, -0.2) is 4.79 Å². The van der Waals surface area contributed by atoms with Crippen molar-refractivity contribution in [2.45, 2.75) is 6.92 Å². The Bertz CT molecular complexity index is 149. The van der Waals surface area contributed by atoms with Crippen molar-refractivity contribution in [3.63, 3.8) is 0 Å². The molecule has 0 aromatic carbocycles. The third kappa shape index (κ3) is 2.41. The summed E-state index contributed by atoms with van der Waals surface area (Å²) in [5, 5.41) is 8.38. The molecule has 3 N–H and O–H groups in total. The van der Waals surface area contributed by atoms with Gasteiger partial charge in [-0.15, -0.1) is 11.8 Å². The van der Waals surface area contributed by atoms with E-state index in [1.165, 1.54) is 0 Å². The summed E-state index contributed by atoms with van der Waals surface area (Å²) < 4.78 is 0. The fraction of sp³-hybridized carbons (Fsp3) is 0.400. The van der Waals surface area contributed by atoms with Crippen molar-refractivity contribution in [3.8, 4) is 0 Å². The smallest absolute Gasteiger partial charge is 0.343 e. The maximum absolute atomic E-state index is 10.2. The number of carboxylic acid groups (broad SMARTS) is 1. The topological polar surface area (TPSA) is 63.3 Å². The van der Waals surface area contributed by atoms with E-state index >= 15 is 0 Å². The van der Waals surface area contributed by atoms with E-state index in [2.05, 4.69) is 0 Å². The number of nitrogens with two attached hydrogens (primary N) is 1. The fourth-order valence-corrected chi connectivity index (χ4v) is 0.914. The third-order valence-corrected chi connectivity index (χ3v) is 1.66. The van der Waals surface area contributed by atoms with Gasteiger partial charge in [-0.2, -0.15) is 0 Å². The molecule has 0 spiro atoms. The SMILES string of the molecule is CS/C(C(=O)O)=C(/C)N. The Morgan fingerprint density at radius 2 is 2.11 bits per heavy atom. The highest BCUT2D eigenvalue weighted by molar-refractivity contribution is 8.03. The maximum Gasteiger partial charge on any atom is 0.343 e. The first-order chi connectivity index (χ1) is 4.09. The number of rotatable bonds is 2.